The summed E-state index contributed by atoms with van der Waals surface area (Å²) in [7, 11) is -3.14. The normalized spacial score (nSPS) is 12.1. The maximum atomic E-state index is 11.3. The highest BCUT2D eigenvalue weighted by atomic mass is 127. The van der Waals surface area contributed by atoms with Gasteiger partial charge >= 0.3 is 0 Å². The minimum absolute atomic E-state index is 0. The van der Waals surface area contributed by atoms with Crippen LogP contribution in [0.1, 0.15) is 25.8 Å². The van der Waals surface area contributed by atoms with Gasteiger partial charge in [0.15, 0.2) is 15.8 Å². The van der Waals surface area contributed by atoms with Crippen LogP contribution in [0.3, 0.4) is 0 Å². The summed E-state index contributed by atoms with van der Waals surface area (Å²) in [5.74, 6) is 1.04. The predicted octanol–water partition coefficient (Wildman–Crippen LogP) is 2.16. The molecule has 120 valence electrons. The zero-order valence-corrected chi connectivity index (χ0v) is 15.8. The van der Waals surface area contributed by atoms with Gasteiger partial charge in [-0.1, -0.05) is 26.0 Å². The van der Waals surface area contributed by atoms with Gasteiger partial charge < -0.3 is 11.1 Å². The number of nitrogens with one attached hydrogen (secondary N) is 1. The smallest absolute Gasteiger partial charge is 0.188 e. The largest absolute Gasteiger partial charge is 0.370 e. The van der Waals surface area contributed by atoms with E-state index in [1.807, 2.05) is 0 Å². The fraction of sp³-hybridized carbons (Fsp3) is 0.500. The van der Waals surface area contributed by atoms with Crippen molar-refractivity contribution < 1.29 is 8.42 Å². The lowest BCUT2D eigenvalue weighted by molar-refractivity contribution is 0.576. The summed E-state index contributed by atoms with van der Waals surface area (Å²) >= 11 is 0. The van der Waals surface area contributed by atoms with Gasteiger partial charge in [-0.05, 0) is 30.0 Å². The van der Waals surface area contributed by atoms with Crippen LogP contribution in [0.4, 0.5) is 0 Å². The van der Waals surface area contributed by atoms with Crippen LogP contribution in [0.2, 0.25) is 0 Å². The Hall–Kier alpha value is -0.830. The number of guanidine groups is 1. The standard InChI is InChI=1S/C14H23N3O2S.HI/c1-11(2)8-9-16-14(15)17-10-12-4-6-13(7-5-12)20(3,18)19;/h4-7,11H,8-10H2,1-3H3,(H3,15,16,17);1H. The molecule has 0 radical (unpaired) electrons. The first-order chi connectivity index (χ1) is 9.29. The van der Waals surface area contributed by atoms with E-state index in [-0.39, 0.29) is 24.0 Å². The molecule has 0 aliphatic heterocycles. The number of rotatable bonds is 6. The molecule has 0 amide bonds. The predicted molar refractivity (Wildman–Crippen MR) is 97.8 cm³/mol. The summed E-state index contributed by atoms with van der Waals surface area (Å²) in [6.45, 7) is 5.54. The van der Waals surface area contributed by atoms with E-state index >= 15 is 0 Å². The average Bonchev–Trinajstić information content (AvgIpc) is 2.35. The van der Waals surface area contributed by atoms with Gasteiger partial charge in [0.1, 0.15) is 0 Å². The number of halogens is 1. The molecule has 0 aliphatic carbocycles. The van der Waals surface area contributed by atoms with Gasteiger partial charge in [-0.3, -0.25) is 0 Å². The molecule has 21 heavy (non-hydrogen) atoms. The SMILES string of the molecule is CC(C)CCNC(N)=NCc1ccc(S(C)(=O)=O)cc1.I. The van der Waals surface area contributed by atoms with Crippen molar-refractivity contribution in [3.05, 3.63) is 29.8 Å². The lowest BCUT2D eigenvalue weighted by Gasteiger charge is -2.07. The quantitative estimate of drug-likeness (QED) is 0.416. The fourth-order valence-corrected chi connectivity index (χ4v) is 2.19. The number of sulfone groups is 1. The minimum atomic E-state index is -3.14. The van der Waals surface area contributed by atoms with Crippen LogP contribution in [0, 0.1) is 5.92 Å². The third-order valence-corrected chi connectivity index (χ3v) is 3.94. The van der Waals surface area contributed by atoms with Gasteiger partial charge in [0.2, 0.25) is 0 Å². The van der Waals surface area contributed by atoms with Gasteiger partial charge in [-0.2, -0.15) is 0 Å². The summed E-state index contributed by atoms with van der Waals surface area (Å²) in [5.41, 5.74) is 6.67. The van der Waals surface area contributed by atoms with Crippen LogP contribution in [0.5, 0.6) is 0 Å². The Morgan fingerprint density at radius 2 is 1.86 bits per heavy atom. The van der Waals surface area contributed by atoms with Crippen molar-refractivity contribution in [3.8, 4) is 0 Å². The molecule has 0 spiro atoms. The molecule has 0 bridgehead atoms. The minimum Gasteiger partial charge on any atom is -0.370 e. The number of hydrogen-bond acceptors (Lipinski definition) is 3. The second kappa shape index (κ2) is 9.24. The maximum absolute atomic E-state index is 11.3. The van der Waals surface area contributed by atoms with Crippen molar-refractivity contribution in [1.29, 1.82) is 0 Å². The van der Waals surface area contributed by atoms with E-state index in [4.69, 9.17) is 5.73 Å². The van der Waals surface area contributed by atoms with Crippen molar-refractivity contribution in [2.75, 3.05) is 12.8 Å². The van der Waals surface area contributed by atoms with Gasteiger partial charge in [-0.25, -0.2) is 13.4 Å². The highest BCUT2D eigenvalue weighted by molar-refractivity contribution is 14.0. The Morgan fingerprint density at radius 3 is 2.33 bits per heavy atom. The molecule has 3 N–H and O–H groups in total. The molecule has 0 saturated carbocycles. The van der Waals surface area contributed by atoms with E-state index in [1.54, 1.807) is 24.3 Å². The first kappa shape index (κ1) is 20.2. The molecule has 1 rings (SSSR count). The summed E-state index contributed by atoms with van der Waals surface area (Å²) in [5, 5.41) is 3.05. The summed E-state index contributed by atoms with van der Waals surface area (Å²) in [6.07, 6.45) is 2.23. The molecule has 5 nitrogen and oxygen atoms in total. The first-order valence-electron chi connectivity index (χ1n) is 6.62. The highest BCUT2D eigenvalue weighted by Gasteiger charge is 2.05. The zero-order valence-electron chi connectivity index (χ0n) is 12.7. The summed E-state index contributed by atoms with van der Waals surface area (Å²) in [6, 6.07) is 6.67. The van der Waals surface area contributed by atoms with Crippen molar-refractivity contribution in [2.24, 2.45) is 16.6 Å². The molecule has 0 fully saturated rings. The molecular formula is C14H24IN3O2S. The number of aliphatic imine (C=N–C) groups is 1. The monoisotopic (exact) mass is 425 g/mol. The third kappa shape index (κ3) is 8.25. The van der Waals surface area contributed by atoms with Crippen LogP contribution in [-0.4, -0.2) is 27.2 Å². The Labute approximate surface area is 144 Å². The van der Waals surface area contributed by atoms with Crippen molar-refractivity contribution >= 4 is 39.8 Å². The zero-order chi connectivity index (χ0) is 15.2. The van der Waals surface area contributed by atoms with Crippen molar-refractivity contribution in [2.45, 2.75) is 31.7 Å². The Kier molecular flexibility index (Phi) is 8.88. The van der Waals surface area contributed by atoms with Crippen LogP contribution in [0.15, 0.2) is 34.2 Å². The Morgan fingerprint density at radius 1 is 1.29 bits per heavy atom. The van der Waals surface area contributed by atoms with Gasteiger partial charge in [0.05, 0.1) is 11.4 Å². The summed E-state index contributed by atoms with van der Waals surface area (Å²) < 4.78 is 22.7. The lowest BCUT2D eigenvalue weighted by Crippen LogP contribution is -2.32. The van der Waals surface area contributed by atoms with E-state index in [2.05, 4.69) is 24.2 Å². The molecular weight excluding hydrogens is 401 g/mol. The molecule has 1 aromatic carbocycles. The number of nitrogens with two attached hydrogens (primary N) is 1. The van der Waals surface area contributed by atoms with Crippen molar-refractivity contribution in [1.82, 2.24) is 5.32 Å². The second-order valence-electron chi connectivity index (χ2n) is 5.23. The molecule has 1 aromatic rings. The average molecular weight is 425 g/mol. The van der Waals surface area contributed by atoms with Crippen molar-refractivity contribution in [3.63, 3.8) is 0 Å². The van der Waals surface area contributed by atoms with Crippen LogP contribution >= 0.6 is 24.0 Å². The molecule has 0 aliphatic rings. The molecule has 0 atom stereocenters. The summed E-state index contributed by atoms with van der Waals surface area (Å²) in [4.78, 5) is 4.53. The molecule has 0 saturated heterocycles. The Bertz CT molecular complexity index is 554. The van der Waals surface area contributed by atoms with Crippen LogP contribution in [-0.2, 0) is 16.4 Å². The van der Waals surface area contributed by atoms with E-state index in [9.17, 15) is 8.42 Å². The molecule has 0 unspecified atom stereocenters. The van der Waals surface area contributed by atoms with Gasteiger partial charge in [0.25, 0.3) is 0 Å². The fourth-order valence-electron chi connectivity index (χ4n) is 1.56. The number of hydrogen-bond donors (Lipinski definition) is 2. The van der Waals surface area contributed by atoms with E-state index in [0.29, 0.717) is 23.3 Å². The molecule has 7 heteroatoms. The van der Waals surface area contributed by atoms with Gasteiger partial charge in [0, 0.05) is 12.8 Å². The third-order valence-electron chi connectivity index (χ3n) is 2.81. The topological polar surface area (TPSA) is 84.5 Å². The van der Waals surface area contributed by atoms with E-state index < -0.39 is 9.84 Å². The maximum Gasteiger partial charge on any atom is 0.188 e. The molecule has 0 aromatic heterocycles. The first-order valence-corrected chi connectivity index (χ1v) is 8.51. The van der Waals surface area contributed by atoms with Gasteiger partial charge in [-0.15, -0.1) is 24.0 Å². The van der Waals surface area contributed by atoms with Crippen LogP contribution < -0.4 is 11.1 Å². The van der Waals surface area contributed by atoms with Crippen LogP contribution in [0.25, 0.3) is 0 Å². The number of benzene rings is 1. The lowest BCUT2D eigenvalue weighted by atomic mass is 10.1. The van der Waals surface area contributed by atoms with E-state index in [0.717, 1.165) is 18.5 Å². The highest BCUT2D eigenvalue weighted by Crippen LogP contribution is 2.10. The molecule has 0 heterocycles. The number of nitrogens with zero attached hydrogens (tertiary/aromatic N) is 1. The van der Waals surface area contributed by atoms with E-state index in [1.165, 1.54) is 6.26 Å². The Balaban J connectivity index is 0.00000400. The second-order valence-corrected chi connectivity index (χ2v) is 7.24.